The first-order valence-electron chi connectivity index (χ1n) is 9.21. The lowest BCUT2D eigenvalue weighted by Gasteiger charge is -2.17. The summed E-state index contributed by atoms with van der Waals surface area (Å²) >= 11 is 0. The first kappa shape index (κ1) is 20.5. The minimum Gasteiger partial charge on any atom is -0.497 e. The Hall–Kier alpha value is -3.21. The molecule has 0 bridgehead atoms. The molecule has 1 aromatic heterocycles. The molecule has 3 aromatic rings. The zero-order valence-corrected chi connectivity index (χ0v) is 16.4. The van der Waals surface area contributed by atoms with Gasteiger partial charge in [0.05, 0.1) is 13.7 Å². The fourth-order valence-electron chi connectivity index (χ4n) is 3.31. The van der Waals surface area contributed by atoms with Gasteiger partial charge in [0, 0.05) is 43.1 Å². The van der Waals surface area contributed by atoms with Crippen LogP contribution in [0.25, 0.3) is 21.9 Å². The molecule has 1 heterocycles. The number of nitrogens with zero attached hydrogens (tertiary/aromatic N) is 2. The van der Waals surface area contributed by atoms with Gasteiger partial charge < -0.3 is 14.8 Å². The summed E-state index contributed by atoms with van der Waals surface area (Å²) in [6, 6.07) is 13.2. The van der Waals surface area contributed by atoms with Gasteiger partial charge in [0.25, 0.3) is 5.56 Å². The molecule has 7 heteroatoms. The largest absolute Gasteiger partial charge is 0.497 e. The quantitative estimate of drug-likeness (QED) is 0.594. The molecular formula is C22H22FN3O3. The van der Waals surface area contributed by atoms with Gasteiger partial charge in [-0.05, 0) is 35.9 Å². The molecule has 0 spiro atoms. The fourth-order valence-corrected chi connectivity index (χ4v) is 3.31. The van der Waals surface area contributed by atoms with E-state index in [9.17, 15) is 14.4 Å². The number of nitriles is 1. The minimum absolute atomic E-state index is 0.190. The summed E-state index contributed by atoms with van der Waals surface area (Å²) in [4.78, 5) is 13.1. The van der Waals surface area contributed by atoms with Crippen LogP contribution in [0, 0.1) is 17.1 Å². The average Bonchev–Trinajstić information content (AvgIpc) is 2.74. The lowest BCUT2D eigenvalue weighted by Crippen LogP contribution is -2.30. The predicted octanol–water partition coefficient (Wildman–Crippen LogP) is 2.92. The lowest BCUT2D eigenvalue weighted by molar-refractivity contribution is 0.199. The minimum atomic E-state index is -0.415. The average molecular weight is 395 g/mol. The summed E-state index contributed by atoms with van der Waals surface area (Å²) < 4.78 is 25.7. The van der Waals surface area contributed by atoms with E-state index in [4.69, 9.17) is 9.47 Å². The molecule has 0 aliphatic carbocycles. The highest BCUT2D eigenvalue weighted by molar-refractivity contribution is 5.99. The maximum atomic E-state index is 13.9. The fraction of sp³-hybridized carbons (Fsp3) is 0.273. The Kier molecular flexibility index (Phi) is 6.60. The second-order valence-corrected chi connectivity index (χ2v) is 6.46. The van der Waals surface area contributed by atoms with E-state index in [1.54, 1.807) is 37.4 Å². The summed E-state index contributed by atoms with van der Waals surface area (Å²) in [5.74, 6) is 0.138. The van der Waals surface area contributed by atoms with Crippen LogP contribution in [-0.2, 0) is 11.3 Å². The van der Waals surface area contributed by atoms with Crippen LogP contribution in [0.4, 0.5) is 4.39 Å². The predicted molar refractivity (Wildman–Crippen MR) is 110 cm³/mol. The van der Waals surface area contributed by atoms with Crippen molar-refractivity contribution < 1.29 is 13.9 Å². The maximum Gasteiger partial charge on any atom is 0.259 e. The SMILES string of the molecule is COCCNCCn1c(C#N)c(-c2cccc(F)c2)c2cc(OC)ccc2c1=O. The number of ether oxygens (including phenoxy) is 2. The number of rotatable bonds is 8. The normalized spacial score (nSPS) is 10.8. The molecule has 0 amide bonds. The van der Waals surface area contributed by atoms with Crippen LogP contribution >= 0.6 is 0 Å². The van der Waals surface area contributed by atoms with Crippen molar-refractivity contribution in [3.8, 4) is 22.9 Å². The van der Waals surface area contributed by atoms with Gasteiger partial charge in [0.15, 0.2) is 0 Å². The van der Waals surface area contributed by atoms with Gasteiger partial charge in [-0.2, -0.15) is 5.26 Å². The standard InChI is InChI=1S/C22H22FN3O3/c1-28-11-9-25-8-10-26-20(14-24)21(15-4-3-5-16(23)12-15)19-13-17(29-2)6-7-18(19)22(26)27/h3-7,12-13,25H,8-11H2,1-2H3. The molecule has 0 radical (unpaired) electrons. The zero-order valence-electron chi connectivity index (χ0n) is 16.4. The molecule has 2 aromatic carbocycles. The molecule has 1 N–H and O–H groups in total. The van der Waals surface area contributed by atoms with Crippen molar-refractivity contribution in [2.45, 2.75) is 6.54 Å². The van der Waals surface area contributed by atoms with Crippen molar-refractivity contribution >= 4 is 10.8 Å². The van der Waals surface area contributed by atoms with Crippen LogP contribution in [0.2, 0.25) is 0 Å². The Labute approximate surface area is 168 Å². The number of nitrogens with one attached hydrogen (secondary N) is 1. The van der Waals surface area contributed by atoms with Crippen LogP contribution < -0.4 is 15.6 Å². The number of fused-ring (bicyclic) bond motifs is 1. The van der Waals surface area contributed by atoms with Gasteiger partial charge in [-0.15, -0.1) is 0 Å². The smallest absolute Gasteiger partial charge is 0.259 e. The number of methoxy groups -OCH3 is 2. The van der Waals surface area contributed by atoms with Crippen LogP contribution in [0.3, 0.4) is 0 Å². The highest BCUT2D eigenvalue weighted by Crippen LogP contribution is 2.33. The lowest BCUT2D eigenvalue weighted by atomic mass is 9.96. The number of pyridine rings is 1. The third kappa shape index (κ3) is 4.29. The molecule has 0 atom stereocenters. The third-order valence-corrected chi connectivity index (χ3v) is 4.69. The van der Waals surface area contributed by atoms with Crippen molar-refractivity contribution in [1.82, 2.24) is 9.88 Å². The van der Waals surface area contributed by atoms with E-state index in [1.165, 1.54) is 23.8 Å². The van der Waals surface area contributed by atoms with Crippen molar-refractivity contribution in [3.05, 3.63) is 64.3 Å². The molecule has 0 aliphatic heterocycles. The number of benzene rings is 2. The molecule has 0 unspecified atom stereocenters. The summed E-state index contributed by atoms with van der Waals surface area (Å²) in [7, 11) is 3.14. The van der Waals surface area contributed by atoms with Gasteiger partial charge in [0.2, 0.25) is 0 Å². The highest BCUT2D eigenvalue weighted by Gasteiger charge is 2.19. The van der Waals surface area contributed by atoms with E-state index in [0.29, 0.717) is 53.9 Å². The third-order valence-electron chi connectivity index (χ3n) is 4.69. The zero-order chi connectivity index (χ0) is 20.8. The number of aromatic nitrogens is 1. The van der Waals surface area contributed by atoms with E-state index in [-0.39, 0.29) is 11.3 Å². The molecule has 0 fully saturated rings. The summed E-state index contributed by atoms with van der Waals surface area (Å²) in [5.41, 5.74) is 0.959. The molecule has 0 saturated heterocycles. The monoisotopic (exact) mass is 395 g/mol. The van der Waals surface area contributed by atoms with Crippen molar-refractivity contribution in [3.63, 3.8) is 0 Å². The van der Waals surface area contributed by atoms with Gasteiger partial charge in [-0.1, -0.05) is 12.1 Å². The molecule has 6 nitrogen and oxygen atoms in total. The van der Waals surface area contributed by atoms with Crippen LogP contribution in [0.1, 0.15) is 5.69 Å². The van der Waals surface area contributed by atoms with Gasteiger partial charge in [0.1, 0.15) is 23.3 Å². The van der Waals surface area contributed by atoms with Crippen LogP contribution in [0.5, 0.6) is 5.75 Å². The number of halogens is 1. The molecule has 150 valence electrons. The Morgan fingerprint density at radius 3 is 2.66 bits per heavy atom. The summed E-state index contributed by atoms with van der Waals surface area (Å²) in [5, 5.41) is 14.1. The van der Waals surface area contributed by atoms with E-state index in [2.05, 4.69) is 11.4 Å². The Balaban J connectivity index is 2.23. The summed E-state index contributed by atoms with van der Waals surface area (Å²) in [6.45, 7) is 1.97. The van der Waals surface area contributed by atoms with Crippen molar-refractivity contribution in [2.24, 2.45) is 0 Å². The Morgan fingerprint density at radius 1 is 1.14 bits per heavy atom. The van der Waals surface area contributed by atoms with Crippen LogP contribution in [-0.4, -0.2) is 38.5 Å². The molecular weight excluding hydrogens is 373 g/mol. The van der Waals surface area contributed by atoms with E-state index < -0.39 is 5.82 Å². The number of hydrogen-bond acceptors (Lipinski definition) is 5. The van der Waals surface area contributed by atoms with Crippen molar-refractivity contribution in [1.29, 1.82) is 5.26 Å². The van der Waals surface area contributed by atoms with E-state index >= 15 is 0 Å². The van der Waals surface area contributed by atoms with E-state index in [1.807, 2.05) is 0 Å². The second-order valence-electron chi connectivity index (χ2n) is 6.46. The molecule has 0 saturated carbocycles. The van der Waals surface area contributed by atoms with Gasteiger partial charge in [-0.3, -0.25) is 9.36 Å². The van der Waals surface area contributed by atoms with Crippen molar-refractivity contribution in [2.75, 3.05) is 33.9 Å². The summed E-state index contributed by atoms with van der Waals surface area (Å²) in [6.07, 6.45) is 0. The maximum absolute atomic E-state index is 13.9. The van der Waals surface area contributed by atoms with Gasteiger partial charge >= 0.3 is 0 Å². The number of hydrogen-bond donors (Lipinski definition) is 1. The first-order chi connectivity index (χ1) is 14.1. The molecule has 3 rings (SSSR count). The first-order valence-corrected chi connectivity index (χ1v) is 9.21. The van der Waals surface area contributed by atoms with Crippen LogP contribution in [0.15, 0.2) is 47.3 Å². The highest BCUT2D eigenvalue weighted by atomic mass is 19.1. The Morgan fingerprint density at radius 2 is 1.97 bits per heavy atom. The Bertz CT molecular complexity index is 1120. The molecule has 29 heavy (non-hydrogen) atoms. The topological polar surface area (TPSA) is 76.3 Å². The second kappa shape index (κ2) is 9.32. The molecule has 0 aliphatic rings. The van der Waals surface area contributed by atoms with E-state index in [0.717, 1.165) is 0 Å². The van der Waals surface area contributed by atoms with Gasteiger partial charge in [-0.25, -0.2) is 4.39 Å².